The number of carbonyl (C=O) groups is 1. The minimum absolute atomic E-state index is 0.175. The third-order valence-electron chi connectivity index (χ3n) is 5.97. The Labute approximate surface area is 178 Å². The molecule has 1 fully saturated rings. The van der Waals surface area contributed by atoms with Gasteiger partial charge in [0, 0.05) is 16.7 Å². The number of methoxy groups -OCH3 is 1. The topological polar surface area (TPSA) is 34.0 Å². The van der Waals surface area contributed by atoms with E-state index in [0.29, 0.717) is 12.5 Å². The van der Waals surface area contributed by atoms with E-state index in [1.807, 2.05) is 29.2 Å². The molecule has 154 valence electrons. The smallest absolute Gasteiger partial charge is 0.227 e. The number of ether oxygens (including phenoxy) is 1. The lowest BCUT2D eigenvalue weighted by Gasteiger charge is -2.37. The summed E-state index contributed by atoms with van der Waals surface area (Å²) in [6.45, 7) is 3.43. The van der Waals surface area contributed by atoms with Gasteiger partial charge in [-0.25, -0.2) is 0 Å². The maximum absolute atomic E-state index is 12.9. The monoisotopic (exact) mass is 401 g/mol. The fraction of sp³-hybridized carbons (Fsp3) is 0.269. The van der Waals surface area contributed by atoms with E-state index >= 15 is 0 Å². The van der Waals surface area contributed by atoms with E-state index in [1.54, 1.807) is 7.11 Å². The molecule has 1 aliphatic heterocycles. The van der Waals surface area contributed by atoms with Crippen LogP contribution >= 0.6 is 0 Å². The van der Waals surface area contributed by atoms with Crippen molar-refractivity contribution in [2.75, 3.05) is 33.3 Å². The molecule has 4 heteroatoms. The minimum Gasteiger partial charge on any atom is -0.496 e. The normalized spacial score (nSPS) is 14.7. The van der Waals surface area contributed by atoms with Gasteiger partial charge in [0.1, 0.15) is 11.8 Å². The third-order valence-corrected chi connectivity index (χ3v) is 5.97. The van der Waals surface area contributed by atoms with E-state index < -0.39 is 0 Å². The van der Waals surface area contributed by atoms with Crippen molar-refractivity contribution >= 4 is 5.91 Å². The highest BCUT2D eigenvalue weighted by Gasteiger charge is 2.31. The number of nitrogens with zero attached hydrogens (tertiary/aromatic N) is 1. The van der Waals surface area contributed by atoms with Crippen LogP contribution in [0.4, 0.5) is 0 Å². The number of nitrogens with one attached hydrogen (secondary N) is 1. The van der Waals surface area contributed by atoms with Crippen molar-refractivity contribution in [1.29, 1.82) is 0 Å². The van der Waals surface area contributed by atoms with Crippen LogP contribution in [0.3, 0.4) is 0 Å². The summed E-state index contributed by atoms with van der Waals surface area (Å²) in [5, 5.41) is 0. The quantitative estimate of drug-likeness (QED) is 0.689. The molecule has 0 radical (unpaired) electrons. The molecule has 4 rings (SSSR count). The van der Waals surface area contributed by atoms with Gasteiger partial charge in [0.15, 0.2) is 0 Å². The highest BCUT2D eigenvalue weighted by Crippen LogP contribution is 2.20. The van der Waals surface area contributed by atoms with E-state index in [9.17, 15) is 4.79 Å². The summed E-state index contributed by atoms with van der Waals surface area (Å²) in [6.07, 6.45) is 0.389. The van der Waals surface area contributed by atoms with E-state index in [4.69, 9.17) is 4.74 Å². The van der Waals surface area contributed by atoms with Gasteiger partial charge in [-0.2, -0.15) is 0 Å². The molecular formula is C26H29N2O2+. The second kappa shape index (κ2) is 9.59. The molecule has 0 aromatic heterocycles. The Bertz CT molecular complexity index is 912. The summed E-state index contributed by atoms with van der Waals surface area (Å²) in [6, 6.07) is 29.5. The lowest BCUT2D eigenvalue weighted by Crippen LogP contribution is -3.15. The van der Waals surface area contributed by atoms with Crippen LogP contribution in [-0.2, 0) is 11.2 Å². The lowest BCUT2D eigenvalue weighted by atomic mass is 9.96. The van der Waals surface area contributed by atoms with Crippen LogP contribution in [0.5, 0.6) is 5.75 Å². The van der Waals surface area contributed by atoms with Crippen molar-refractivity contribution in [2.45, 2.75) is 12.5 Å². The standard InChI is InChI=1S/C26H28N2O2/c1-30-24-15-9-8-14-23(24)20-25(29)27-16-18-28(19-17-27)26(21-10-4-2-5-11-21)22-12-6-3-7-13-22/h2-15,26H,16-20H2,1H3/p+1. The Kier molecular flexibility index (Phi) is 6.45. The average molecular weight is 402 g/mol. The van der Waals surface area contributed by atoms with Crippen LogP contribution in [0.15, 0.2) is 84.9 Å². The SMILES string of the molecule is COc1ccccc1CC(=O)N1CC[NH+](C(c2ccccc2)c2ccccc2)CC1. The number of hydrogen-bond donors (Lipinski definition) is 1. The number of hydrogen-bond acceptors (Lipinski definition) is 2. The van der Waals surface area contributed by atoms with Crippen molar-refractivity contribution in [2.24, 2.45) is 0 Å². The molecule has 0 unspecified atom stereocenters. The Morgan fingerprint density at radius 3 is 1.97 bits per heavy atom. The zero-order chi connectivity index (χ0) is 20.8. The summed E-state index contributed by atoms with van der Waals surface area (Å²) in [7, 11) is 1.65. The van der Waals surface area contributed by atoms with Gasteiger partial charge in [0.2, 0.25) is 5.91 Å². The molecular weight excluding hydrogens is 372 g/mol. The van der Waals surface area contributed by atoms with Gasteiger partial charge in [-0.3, -0.25) is 4.79 Å². The lowest BCUT2D eigenvalue weighted by molar-refractivity contribution is -0.929. The van der Waals surface area contributed by atoms with Crippen molar-refractivity contribution < 1.29 is 14.4 Å². The van der Waals surface area contributed by atoms with E-state index in [-0.39, 0.29) is 5.91 Å². The first-order chi connectivity index (χ1) is 14.8. The number of quaternary nitrogens is 1. The highest BCUT2D eigenvalue weighted by atomic mass is 16.5. The predicted molar refractivity (Wildman–Crippen MR) is 119 cm³/mol. The molecule has 4 nitrogen and oxygen atoms in total. The molecule has 0 bridgehead atoms. The zero-order valence-electron chi connectivity index (χ0n) is 17.5. The number of carbonyl (C=O) groups excluding carboxylic acids is 1. The van der Waals surface area contributed by atoms with Gasteiger partial charge in [0.05, 0.1) is 39.7 Å². The first-order valence-corrected chi connectivity index (χ1v) is 10.6. The first-order valence-electron chi connectivity index (χ1n) is 10.6. The molecule has 3 aromatic rings. The summed E-state index contributed by atoms with van der Waals surface area (Å²) < 4.78 is 5.41. The van der Waals surface area contributed by atoms with Crippen LogP contribution in [0.2, 0.25) is 0 Å². The Hall–Kier alpha value is -3.11. The number of amides is 1. The summed E-state index contributed by atoms with van der Waals surface area (Å²) in [4.78, 5) is 16.4. The predicted octanol–water partition coefficient (Wildman–Crippen LogP) is 2.75. The fourth-order valence-electron chi connectivity index (χ4n) is 4.41. The number of para-hydroxylation sites is 1. The molecule has 0 saturated carbocycles. The largest absolute Gasteiger partial charge is 0.496 e. The molecule has 30 heavy (non-hydrogen) atoms. The molecule has 0 aliphatic carbocycles. The fourth-order valence-corrected chi connectivity index (χ4v) is 4.41. The van der Waals surface area contributed by atoms with Gasteiger partial charge in [-0.15, -0.1) is 0 Å². The number of benzene rings is 3. The molecule has 0 atom stereocenters. The molecule has 1 heterocycles. The van der Waals surface area contributed by atoms with E-state index in [0.717, 1.165) is 37.5 Å². The van der Waals surface area contributed by atoms with Crippen molar-refractivity contribution in [3.05, 3.63) is 102 Å². The van der Waals surface area contributed by atoms with Crippen LogP contribution in [0.25, 0.3) is 0 Å². The molecule has 3 aromatic carbocycles. The molecule has 1 saturated heterocycles. The molecule has 1 aliphatic rings. The second-order valence-corrected chi connectivity index (χ2v) is 7.78. The first kappa shape index (κ1) is 20.2. The van der Waals surface area contributed by atoms with Crippen LogP contribution in [0.1, 0.15) is 22.7 Å². The summed E-state index contributed by atoms with van der Waals surface area (Å²) in [5.41, 5.74) is 3.60. The molecule has 1 amide bonds. The Morgan fingerprint density at radius 1 is 0.867 bits per heavy atom. The number of piperazine rings is 1. The third kappa shape index (κ3) is 4.55. The molecule has 1 N–H and O–H groups in total. The van der Waals surface area contributed by atoms with Crippen LogP contribution in [0, 0.1) is 0 Å². The maximum Gasteiger partial charge on any atom is 0.227 e. The van der Waals surface area contributed by atoms with Gasteiger partial charge in [-0.1, -0.05) is 78.9 Å². The Morgan fingerprint density at radius 2 is 1.40 bits per heavy atom. The van der Waals surface area contributed by atoms with E-state index in [2.05, 4.69) is 60.7 Å². The Balaban J connectivity index is 1.45. The molecule has 0 spiro atoms. The average Bonchev–Trinajstić information content (AvgIpc) is 2.81. The maximum atomic E-state index is 12.9. The van der Waals surface area contributed by atoms with Crippen LogP contribution < -0.4 is 9.64 Å². The van der Waals surface area contributed by atoms with Gasteiger partial charge >= 0.3 is 0 Å². The number of rotatable bonds is 6. The van der Waals surface area contributed by atoms with Gasteiger partial charge in [-0.05, 0) is 6.07 Å². The van der Waals surface area contributed by atoms with Gasteiger partial charge < -0.3 is 14.5 Å². The van der Waals surface area contributed by atoms with Crippen molar-refractivity contribution in [3.63, 3.8) is 0 Å². The van der Waals surface area contributed by atoms with Gasteiger partial charge in [0.25, 0.3) is 0 Å². The second-order valence-electron chi connectivity index (χ2n) is 7.78. The summed E-state index contributed by atoms with van der Waals surface area (Å²) in [5.74, 6) is 0.956. The zero-order valence-corrected chi connectivity index (χ0v) is 17.5. The van der Waals surface area contributed by atoms with Crippen LogP contribution in [-0.4, -0.2) is 44.1 Å². The summed E-state index contributed by atoms with van der Waals surface area (Å²) >= 11 is 0. The highest BCUT2D eigenvalue weighted by molar-refractivity contribution is 5.79. The minimum atomic E-state index is 0.175. The van der Waals surface area contributed by atoms with Crippen molar-refractivity contribution in [1.82, 2.24) is 4.90 Å². The van der Waals surface area contributed by atoms with Crippen molar-refractivity contribution in [3.8, 4) is 5.75 Å². The van der Waals surface area contributed by atoms with E-state index in [1.165, 1.54) is 16.0 Å².